The first-order valence-electron chi connectivity index (χ1n) is 16.4. The first-order chi connectivity index (χ1) is 20.1. The number of allylic oxidation sites excluding steroid dienone is 2. The number of hydrogen-bond donors (Lipinski definition) is 0. The Morgan fingerprint density at radius 2 is 1.57 bits per heavy atom. The van der Waals surface area contributed by atoms with Crippen LogP contribution in [0.2, 0.25) is 0 Å². The minimum absolute atomic E-state index is 0.0261. The van der Waals surface area contributed by atoms with E-state index in [0.717, 1.165) is 71.1 Å². The molecule has 0 unspecified atom stereocenters. The van der Waals surface area contributed by atoms with Gasteiger partial charge in [0.05, 0.1) is 11.1 Å². The molecule has 2 heterocycles. The van der Waals surface area contributed by atoms with Crippen LogP contribution in [0.3, 0.4) is 0 Å². The molecule has 6 atom stereocenters. The van der Waals surface area contributed by atoms with Crippen LogP contribution < -0.4 is 0 Å². The van der Waals surface area contributed by atoms with E-state index >= 15 is 0 Å². The molecule has 7 nitrogen and oxygen atoms in total. The van der Waals surface area contributed by atoms with Gasteiger partial charge in [-0.15, -0.1) is 0 Å². The second kappa shape index (κ2) is 10.9. The monoisotopic (exact) mass is 573 g/mol. The van der Waals surface area contributed by atoms with Gasteiger partial charge in [-0.25, -0.2) is 0 Å². The van der Waals surface area contributed by atoms with Crippen LogP contribution in [-0.4, -0.2) is 70.9 Å². The van der Waals surface area contributed by atoms with E-state index in [9.17, 15) is 19.2 Å². The number of imide groups is 1. The number of carbonyl (C=O) groups excluding carboxylic acids is 4. The summed E-state index contributed by atoms with van der Waals surface area (Å²) in [6.07, 6.45) is 9.32. The fourth-order valence-electron chi connectivity index (χ4n) is 9.80. The maximum absolute atomic E-state index is 13.6. The summed E-state index contributed by atoms with van der Waals surface area (Å²) in [5.74, 6) is 1.84. The molecule has 0 bridgehead atoms. The molecule has 0 N–H and O–H groups in total. The zero-order chi connectivity index (χ0) is 29.8. The molecule has 3 amide bonds. The minimum Gasteiger partial charge on any atom is -0.374 e. The van der Waals surface area contributed by atoms with Crippen molar-refractivity contribution in [1.29, 1.82) is 0 Å². The van der Waals surface area contributed by atoms with Crippen molar-refractivity contribution in [1.82, 2.24) is 14.7 Å². The van der Waals surface area contributed by atoms with E-state index in [4.69, 9.17) is 0 Å². The summed E-state index contributed by atoms with van der Waals surface area (Å²) in [6, 6.07) is 7.06. The third-order valence-electron chi connectivity index (χ3n) is 12.1. The van der Waals surface area contributed by atoms with Gasteiger partial charge in [-0.05, 0) is 94.1 Å². The molecule has 1 aromatic carbocycles. The molecular weight excluding hydrogens is 526 g/mol. The van der Waals surface area contributed by atoms with Gasteiger partial charge in [0.2, 0.25) is 5.91 Å². The summed E-state index contributed by atoms with van der Waals surface area (Å²) in [5, 5.41) is 0. The maximum Gasteiger partial charge on any atom is 0.261 e. The lowest BCUT2D eigenvalue weighted by Gasteiger charge is -2.61. The summed E-state index contributed by atoms with van der Waals surface area (Å²) in [5.41, 5.74) is 2.21. The zero-order valence-corrected chi connectivity index (χ0v) is 25.9. The van der Waals surface area contributed by atoms with E-state index in [1.54, 1.807) is 24.3 Å². The lowest BCUT2D eigenvalue weighted by atomic mass is 9.49. The van der Waals surface area contributed by atoms with Crippen LogP contribution >= 0.6 is 0 Å². The molecule has 5 aliphatic rings. The van der Waals surface area contributed by atoms with E-state index < -0.39 is 0 Å². The van der Waals surface area contributed by atoms with Crippen molar-refractivity contribution in [3.05, 3.63) is 47.2 Å². The van der Waals surface area contributed by atoms with E-state index in [2.05, 4.69) is 32.6 Å². The topological polar surface area (TPSA) is 78.0 Å². The van der Waals surface area contributed by atoms with E-state index in [1.165, 1.54) is 10.6 Å². The van der Waals surface area contributed by atoms with Crippen LogP contribution in [0, 0.1) is 34.5 Å². The number of carbonyl (C=O) groups is 4. The first-order valence-corrected chi connectivity index (χ1v) is 16.4. The highest BCUT2D eigenvalue weighted by molar-refractivity contribution is 6.21. The van der Waals surface area contributed by atoms with Gasteiger partial charge >= 0.3 is 0 Å². The summed E-state index contributed by atoms with van der Waals surface area (Å²) in [7, 11) is 0. The van der Waals surface area contributed by atoms with Crippen LogP contribution in [0.25, 0.3) is 0 Å². The first kappa shape index (κ1) is 29.1. The molecule has 3 aliphatic carbocycles. The molecule has 1 aromatic rings. The molecule has 0 radical (unpaired) electrons. The molecule has 2 aliphatic heterocycles. The molecule has 226 valence electrons. The summed E-state index contributed by atoms with van der Waals surface area (Å²) in [6.45, 7) is 12.7. The lowest BCUT2D eigenvalue weighted by Crippen LogP contribution is -2.58. The Hall–Kier alpha value is -2.96. The molecule has 6 rings (SSSR count). The van der Waals surface area contributed by atoms with E-state index in [1.807, 2.05) is 11.0 Å². The van der Waals surface area contributed by atoms with Crippen molar-refractivity contribution in [2.45, 2.75) is 79.1 Å². The van der Waals surface area contributed by atoms with Crippen molar-refractivity contribution in [2.75, 3.05) is 32.7 Å². The number of unbranched alkanes of at least 4 members (excludes halogenated alkanes) is 1. The number of hydrogen-bond acceptors (Lipinski definition) is 5. The Balaban J connectivity index is 1.18. The molecular formula is C35H47N3O4. The SMILES string of the molecule is CCN(CC)C(=O)[C@H]1CC[C@H]2[C@@H]3CN(CCCCN4C(=O)c5ccccc5C4=O)C4=CC(=O)CC[C@]4(C)[C@H]3CC[C@]12C. The Morgan fingerprint density at radius 3 is 2.24 bits per heavy atom. The van der Waals surface area contributed by atoms with Crippen LogP contribution in [-0.2, 0) is 9.59 Å². The highest BCUT2D eigenvalue weighted by Gasteiger charge is 2.61. The third-order valence-corrected chi connectivity index (χ3v) is 12.1. The highest BCUT2D eigenvalue weighted by Crippen LogP contribution is 2.65. The maximum atomic E-state index is 13.6. The van der Waals surface area contributed by atoms with Crippen LogP contribution in [0.1, 0.15) is 99.8 Å². The number of fused-ring (bicyclic) bond motifs is 6. The number of rotatable bonds is 8. The Morgan fingerprint density at radius 1 is 0.905 bits per heavy atom. The molecule has 42 heavy (non-hydrogen) atoms. The second-order valence-corrected chi connectivity index (χ2v) is 13.9. The largest absolute Gasteiger partial charge is 0.374 e. The summed E-state index contributed by atoms with van der Waals surface area (Å²) in [4.78, 5) is 57.9. The summed E-state index contributed by atoms with van der Waals surface area (Å²) >= 11 is 0. The number of ketones is 1. The number of nitrogens with zero attached hydrogens (tertiary/aromatic N) is 3. The Labute approximate surface area is 250 Å². The van der Waals surface area contributed by atoms with Crippen LogP contribution in [0.5, 0.6) is 0 Å². The van der Waals surface area contributed by atoms with Crippen molar-refractivity contribution >= 4 is 23.5 Å². The van der Waals surface area contributed by atoms with Gasteiger partial charge in [0.15, 0.2) is 5.78 Å². The fraction of sp³-hybridized carbons (Fsp3) is 0.657. The van der Waals surface area contributed by atoms with Gasteiger partial charge in [0, 0.05) is 62.3 Å². The lowest BCUT2D eigenvalue weighted by molar-refractivity contribution is -0.143. The van der Waals surface area contributed by atoms with Gasteiger partial charge in [-0.2, -0.15) is 0 Å². The molecule has 7 heteroatoms. The zero-order valence-electron chi connectivity index (χ0n) is 25.9. The fourth-order valence-corrected chi connectivity index (χ4v) is 9.80. The predicted octanol–water partition coefficient (Wildman–Crippen LogP) is 5.56. The normalized spacial score (nSPS) is 33.6. The second-order valence-electron chi connectivity index (χ2n) is 13.9. The average Bonchev–Trinajstić information content (AvgIpc) is 3.46. The molecule has 1 saturated heterocycles. The van der Waals surface area contributed by atoms with Crippen LogP contribution in [0.4, 0.5) is 0 Å². The van der Waals surface area contributed by atoms with E-state index in [0.29, 0.717) is 47.8 Å². The van der Waals surface area contributed by atoms with Crippen molar-refractivity contribution in [3.63, 3.8) is 0 Å². The number of piperidine rings is 1. The Kier molecular flexibility index (Phi) is 7.59. The van der Waals surface area contributed by atoms with Gasteiger partial charge < -0.3 is 9.80 Å². The van der Waals surface area contributed by atoms with Crippen molar-refractivity contribution in [2.24, 2.45) is 34.5 Å². The van der Waals surface area contributed by atoms with Gasteiger partial charge in [0.1, 0.15) is 0 Å². The number of benzene rings is 1. The quantitative estimate of drug-likeness (QED) is 0.301. The third kappa shape index (κ3) is 4.44. The smallest absolute Gasteiger partial charge is 0.261 e. The average molecular weight is 574 g/mol. The number of likely N-dealkylation sites (tertiary alicyclic amines) is 1. The molecule has 2 saturated carbocycles. The van der Waals surface area contributed by atoms with Gasteiger partial charge in [-0.3, -0.25) is 24.1 Å². The van der Waals surface area contributed by atoms with Gasteiger partial charge in [0.25, 0.3) is 11.8 Å². The van der Waals surface area contributed by atoms with Crippen LogP contribution in [0.15, 0.2) is 36.0 Å². The Bertz CT molecular complexity index is 1280. The van der Waals surface area contributed by atoms with E-state index in [-0.39, 0.29) is 34.3 Å². The van der Waals surface area contributed by atoms with Gasteiger partial charge in [-0.1, -0.05) is 26.0 Å². The standard InChI is InChI=1S/C35H47N3O4/c1-5-36(6-2)33(42)29-14-13-27-26-22-37(19-9-10-20-38-31(40)24-11-7-8-12-25(24)32(38)41)30-21-23(39)15-17-35(30,4)28(26)16-18-34(27,29)3/h7-8,11-12,21,26-29H,5-6,9-10,13-20,22H2,1-4H3/t26-,27-,28-,29+,34-,35+/m0/s1. The molecule has 3 fully saturated rings. The van der Waals surface area contributed by atoms with Crippen molar-refractivity contribution < 1.29 is 19.2 Å². The minimum atomic E-state index is -0.193. The highest BCUT2D eigenvalue weighted by atomic mass is 16.2. The predicted molar refractivity (Wildman–Crippen MR) is 162 cm³/mol. The van der Waals surface area contributed by atoms with Crippen molar-refractivity contribution in [3.8, 4) is 0 Å². The molecule has 0 spiro atoms. The molecule has 0 aromatic heterocycles. The summed E-state index contributed by atoms with van der Waals surface area (Å²) < 4.78 is 0. The number of amides is 3.